The van der Waals surface area contributed by atoms with Crippen molar-refractivity contribution in [1.29, 1.82) is 0 Å². The molecule has 1 unspecified atom stereocenters. The number of ether oxygens (including phenoxy) is 1. The molecule has 3 heteroatoms. The molecule has 1 aliphatic heterocycles. The average Bonchev–Trinajstić information content (AvgIpc) is 2.52. The van der Waals surface area contributed by atoms with Gasteiger partial charge in [0.25, 0.3) is 0 Å². The Balaban J connectivity index is 2.49. The van der Waals surface area contributed by atoms with E-state index < -0.39 is 0 Å². The molecule has 17 heavy (non-hydrogen) atoms. The highest BCUT2D eigenvalue weighted by Gasteiger charge is 2.33. The van der Waals surface area contributed by atoms with Crippen molar-refractivity contribution in [3.8, 4) is 0 Å². The van der Waals surface area contributed by atoms with Crippen LogP contribution in [0.2, 0.25) is 0 Å². The van der Waals surface area contributed by atoms with E-state index in [1.165, 1.54) is 19.5 Å². The standard InChI is InChI=1S/C14H30N2O/c1-13(2,3)15-9-12(10-17-6)16-8-7-14(4,5)11-16/h12,15H,7-11H2,1-6H3. The van der Waals surface area contributed by atoms with Crippen molar-refractivity contribution in [2.75, 3.05) is 33.4 Å². The molecular formula is C14H30N2O. The Morgan fingerprint density at radius 1 is 1.35 bits per heavy atom. The Kier molecular flexibility index (Phi) is 4.99. The summed E-state index contributed by atoms with van der Waals surface area (Å²) in [7, 11) is 1.80. The van der Waals surface area contributed by atoms with Gasteiger partial charge in [0.05, 0.1) is 6.61 Å². The maximum Gasteiger partial charge on any atom is 0.0630 e. The van der Waals surface area contributed by atoms with Crippen LogP contribution in [0.4, 0.5) is 0 Å². The van der Waals surface area contributed by atoms with Gasteiger partial charge in [-0.2, -0.15) is 0 Å². The zero-order valence-corrected chi connectivity index (χ0v) is 12.5. The van der Waals surface area contributed by atoms with Gasteiger partial charge in [-0.05, 0) is 39.2 Å². The van der Waals surface area contributed by atoms with Crippen LogP contribution in [0.3, 0.4) is 0 Å². The largest absolute Gasteiger partial charge is 0.383 e. The Bertz CT molecular complexity index is 233. The second-order valence-corrected chi connectivity index (χ2v) is 7.12. The van der Waals surface area contributed by atoms with Crippen LogP contribution in [0.25, 0.3) is 0 Å². The van der Waals surface area contributed by atoms with Crippen LogP contribution >= 0.6 is 0 Å². The van der Waals surface area contributed by atoms with Crippen LogP contribution < -0.4 is 5.32 Å². The lowest BCUT2D eigenvalue weighted by Gasteiger charge is -2.32. The Labute approximate surface area is 107 Å². The van der Waals surface area contributed by atoms with E-state index in [2.05, 4.69) is 44.8 Å². The van der Waals surface area contributed by atoms with E-state index in [-0.39, 0.29) is 5.54 Å². The zero-order valence-electron chi connectivity index (χ0n) is 12.5. The molecule has 1 N–H and O–H groups in total. The fraction of sp³-hybridized carbons (Fsp3) is 1.00. The van der Waals surface area contributed by atoms with Crippen molar-refractivity contribution in [3.05, 3.63) is 0 Å². The molecule has 1 fully saturated rings. The first-order valence-corrected chi connectivity index (χ1v) is 6.71. The van der Waals surface area contributed by atoms with Gasteiger partial charge >= 0.3 is 0 Å². The molecule has 0 bridgehead atoms. The lowest BCUT2D eigenvalue weighted by molar-refractivity contribution is 0.0942. The summed E-state index contributed by atoms with van der Waals surface area (Å²) in [5, 5.41) is 3.59. The fourth-order valence-electron chi connectivity index (χ4n) is 2.38. The fourth-order valence-corrected chi connectivity index (χ4v) is 2.38. The zero-order chi connectivity index (χ0) is 13.1. The monoisotopic (exact) mass is 242 g/mol. The second kappa shape index (κ2) is 5.68. The van der Waals surface area contributed by atoms with E-state index in [1.807, 2.05) is 0 Å². The molecule has 0 aromatic rings. The molecule has 1 rings (SSSR count). The lowest BCUT2D eigenvalue weighted by atomic mass is 9.93. The van der Waals surface area contributed by atoms with E-state index in [9.17, 15) is 0 Å². The van der Waals surface area contributed by atoms with Crippen molar-refractivity contribution in [2.45, 2.75) is 52.6 Å². The molecule has 1 aliphatic rings. The van der Waals surface area contributed by atoms with Crippen molar-refractivity contribution in [3.63, 3.8) is 0 Å². The lowest BCUT2D eigenvalue weighted by Crippen LogP contribution is -2.49. The molecule has 0 spiro atoms. The number of hydrogen-bond donors (Lipinski definition) is 1. The Morgan fingerprint density at radius 3 is 2.41 bits per heavy atom. The van der Waals surface area contributed by atoms with E-state index in [0.717, 1.165) is 13.2 Å². The van der Waals surface area contributed by atoms with E-state index >= 15 is 0 Å². The molecule has 0 aromatic carbocycles. The summed E-state index contributed by atoms with van der Waals surface area (Å²) in [5.41, 5.74) is 0.648. The number of rotatable bonds is 5. The predicted octanol–water partition coefficient (Wildman–Crippen LogP) is 2.12. The molecule has 0 aromatic heterocycles. The Morgan fingerprint density at radius 2 is 2.00 bits per heavy atom. The summed E-state index contributed by atoms with van der Waals surface area (Å²) in [5.74, 6) is 0. The molecule has 0 saturated carbocycles. The van der Waals surface area contributed by atoms with Gasteiger partial charge in [0, 0.05) is 31.8 Å². The normalized spacial score (nSPS) is 22.9. The number of nitrogens with one attached hydrogen (secondary N) is 1. The van der Waals surface area contributed by atoms with Crippen LogP contribution in [-0.4, -0.2) is 49.8 Å². The molecule has 102 valence electrons. The first-order valence-electron chi connectivity index (χ1n) is 6.71. The third-order valence-electron chi connectivity index (χ3n) is 3.45. The minimum Gasteiger partial charge on any atom is -0.383 e. The van der Waals surface area contributed by atoms with Gasteiger partial charge in [-0.1, -0.05) is 13.8 Å². The highest BCUT2D eigenvalue weighted by molar-refractivity contribution is 4.88. The maximum atomic E-state index is 5.37. The first kappa shape index (κ1) is 14.9. The number of nitrogens with zero attached hydrogens (tertiary/aromatic N) is 1. The average molecular weight is 242 g/mol. The topological polar surface area (TPSA) is 24.5 Å². The van der Waals surface area contributed by atoms with Gasteiger partial charge in [-0.25, -0.2) is 0 Å². The summed E-state index contributed by atoms with van der Waals surface area (Å²) in [6.07, 6.45) is 1.29. The smallest absolute Gasteiger partial charge is 0.0630 e. The molecule has 0 aliphatic carbocycles. The van der Waals surface area contributed by atoms with Gasteiger partial charge in [0.15, 0.2) is 0 Å². The van der Waals surface area contributed by atoms with Crippen LogP contribution in [0.5, 0.6) is 0 Å². The molecule has 1 atom stereocenters. The first-order chi connectivity index (χ1) is 7.73. The van der Waals surface area contributed by atoms with Crippen LogP contribution in [0.15, 0.2) is 0 Å². The number of methoxy groups -OCH3 is 1. The summed E-state index contributed by atoms with van der Waals surface area (Å²) in [6.45, 7) is 15.6. The molecule has 0 radical (unpaired) electrons. The predicted molar refractivity (Wildman–Crippen MR) is 73.4 cm³/mol. The van der Waals surface area contributed by atoms with Gasteiger partial charge < -0.3 is 10.1 Å². The summed E-state index contributed by atoms with van der Waals surface area (Å²) < 4.78 is 5.37. The minimum absolute atomic E-state index is 0.182. The van der Waals surface area contributed by atoms with Gasteiger partial charge in [-0.15, -0.1) is 0 Å². The SMILES string of the molecule is COCC(CNC(C)(C)C)N1CCC(C)(C)C1. The third kappa shape index (κ3) is 5.36. The van der Waals surface area contributed by atoms with Crippen molar-refractivity contribution in [2.24, 2.45) is 5.41 Å². The maximum absolute atomic E-state index is 5.37. The summed E-state index contributed by atoms with van der Waals surface area (Å²) >= 11 is 0. The summed E-state index contributed by atoms with van der Waals surface area (Å²) in [4.78, 5) is 2.57. The van der Waals surface area contributed by atoms with Gasteiger partial charge in [-0.3, -0.25) is 4.90 Å². The Hall–Kier alpha value is -0.120. The van der Waals surface area contributed by atoms with Gasteiger partial charge in [0.1, 0.15) is 0 Å². The van der Waals surface area contributed by atoms with Crippen molar-refractivity contribution >= 4 is 0 Å². The minimum atomic E-state index is 0.182. The van der Waals surface area contributed by atoms with Gasteiger partial charge in [0.2, 0.25) is 0 Å². The molecule has 0 amide bonds. The quantitative estimate of drug-likeness (QED) is 0.799. The number of hydrogen-bond acceptors (Lipinski definition) is 3. The van der Waals surface area contributed by atoms with E-state index in [1.54, 1.807) is 7.11 Å². The third-order valence-corrected chi connectivity index (χ3v) is 3.45. The molecule has 3 nitrogen and oxygen atoms in total. The van der Waals surface area contributed by atoms with Crippen molar-refractivity contribution in [1.82, 2.24) is 10.2 Å². The van der Waals surface area contributed by atoms with E-state index in [4.69, 9.17) is 4.74 Å². The van der Waals surface area contributed by atoms with Crippen molar-refractivity contribution < 1.29 is 4.74 Å². The van der Waals surface area contributed by atoms with E-state index in [0.29, 0.717) is 11.5 Å². The summed E-state index contributed by atoms with van der Waals surface area (Å²) in [6, 6.07) is 0.501. The highest BCUT2D eigenvalue weighted by Crippen LogP contribution is 2.30. The molecule has 1 saturated heterocycles. The van der Waals surface area contributed by atoms with Crippen LogP contribution in [-0.2, 0) is 4.74 Å². The highest BCUT2D eigenvalue weighted by atomic mass is 16.5. The van der Waals surface area contributed by atoms with Crippen LogP contribution in [0, 0.1) is 5.41 Å². The molecule has 1 heterocycles. The number of likely N-dealkylation sites (tertiary alicyclic amines) is 1. The van der Waals surface area contributed by atoms with Crippen LogP contribution in [0.1, 0.15) is 41.0 Å². The molecular weight excluding hydrogens is 212 g/mol. The second-order valence-electron chi connectivity index (χ2n) is 7.12.